The van der Waals surface area contributed by atoms with E-state index in [9.17, 15) is 9.59 Å². The number of piperazine rings is 1. The highest BCUT2D eigenvalue weighted by atomic mass is 35.5. The summed E-state index contributed by atoms with van der Waals surface area (Å²) >= 11 is 5.95. The largest absolute Gasteiger partial charge is 0.368 e. The molecule has 2 heterocycles. The van der Waals surface area contributed by atoms with Crippen molar-refractivity contribution in [3.8, 4) is 0 Å². The number of hydrogen-bond donors (Lipinski definition) is 1. The van der Waals surface area contributed by atoms with Crippen molar-refractivity contribution in [2.24, 2.45) is 0 Å². The minimum Gasteiger partial charge on any atom is -0.368 e. The molecule has 138 valence electrons. The molecule has 1 fully saturated rings. The van der Waals surface area contributed by atoms with Crippen LogP contribution in [-0.2, 0) is 0 Å². The van der Waals surface area contributed by atoms with Crippen LogP contribution in [0.15, 0.2) is 53.3 Å². The number of benzene rings is 2. The first-order valence-electron chi connectivity index (χ1n) is 8.95. The number of rotatable bonds is 2. The van der Waals surface area contributed by atoms with Crippen molar-refractivity contribution >= 4 is 34.1 Å². The number of aromatic amines is 1. The lowest BCUT2D eigenvalue weighted by atomic mass is 10.1. The maximum Gasteiger partial charge on any atom is 0.254 e. The Morgan fingerprint density at radius 1 is 1.00 bits per heavy atom. The summed E-state index contributed by atoms with van der Waals surface area (Å²) < 4.78 is 0. The van der Waals surface area contributed by atoms with Gasteiger partial charge in [0, 0.05) is 65.1 Å². The third-order valence-corrected chi connectivity index (χ3v) is 5.22. The summed E-state index contributed by atoms with van der Waals surface area (Å²) in [5.74, 6) is -0.0346. The van der Waals surface area contributed by atoms with Crippen LogP contribution in [0.5, 0.6) is 0 Å². The zero-order chi connectivity index (χ0) is 19.0. The summed E-state index contributed by atoms with van der Waals surface area (Å²) in [7, 11) is 0. The van der Waals surface area contributed by atoms with E-state index in [1.54, 1.807) is 24.3 Å². The lowest BCUT2D eigenvalue weighted by molar-refractivity contribution is 0.0747. The van der Waals surface area contributed by atoms with Crippen LogP contribution in [0, 0.1) is 6.92 Å². The molecule has 0 aliphatic carbocycles. The van der Waals surface area contributed by atoms with Gasteiger partial charge in [-0.25, -0.2) is 0 Å². The molecule has 0 bridgehead atoms. The Morgan fingerprint density at radius 2 is 1.70 bits per heavy atom. The number of amides is 1. The third-order valence-electron chi connectivity index (χ3n) is 4.97. The average Bonchev–Trinajstić information content (AvgIpc) is 2.68. The first-order valence-corrected chi connectivity index (χ1v) is 9.32. The molecule has 1 aliphatic heterocycles. The quantitative estimate of drug-likeness (QED) is 0.739. The van der Waals surface area contributed by atoms with E-state index in [0.29, 0.717) is 29.1 Å². The van der Waals surface area contributed by atoms with Crippen molar-refractivity contribution in [3.05, 3.63) is 75.0 Å². The molecule has 0 atom stereocenters. The maximum atomic E-state index is 12.9. The van der Waals surface area contributed by atoms with E-state index in [-0.39, 0.29) is 11.3 Å². The van der Waals surface area contributed by atoms with Crippen molar-refractivity contribution in [3.63, 3.8) is 0 Å². The molecule has 6 heteroatoms. The molecule has 1 aliphatic rings. The molecule has 4 rings (SSSR count). The predicted octanol–water partition coefficient (Wildman–Crippen LogP) is 3.45. The number of carbonyl (C=O) groups excluding carboxylic acids is 1. The molecule has 1 N–H and O–H groups in total. The average molecular weight is 382 g/mol. The summed E-state index contributed by atoms with van der Waals surface area (Å²) in [5.41, 5.74) is 3.16. The van der Waals surface area contributed by atoms with Gasteiger partial charge in [-0.15, -0.1) is 0 Å². The van der Waals surface area contributed by atoms with Gasteiger partial charge in [-0.1, -0.05) is 11.6 Å². The highest BCUT2D eigenvalue weighted by Crippen LogP contribution is 2.20. The van der Waals surface area contributed by atoms with Crippen molar-refractivity contribution in [1.29, 1.82) is 0 Å². The van der Waals surface area contributed by atoms with Gasteiger partial charge in [0.05, 0.1) is 0 Å². The van der Waals surface area contributed by atoms with E-state index < -0.39 is 0 Å². The molecule has 1 aromatic heterocycles. The second-order valence-electron chi connectivity index (χ2n) is 6.83. The highest BCUT2D eigenvalue weighted by Gasteiger charge is 2.22. The Labute approximate surface area is 162 Å². The summed E-state index contributed by atoms with van der Waals surface area (Å²) in [6.45, 7) is 4.66. The fourth-order valence-electron chi connectivity index (χ4n) is 3.52. The monoisotopic (exact) mass is 381 g/mol. The van der Waals surface area contributed by atoms with Crippen molar-refractivity contribution in [2.75, 3.05) is 31.1 Å². The van der Waals surface area contributed by atoms with Crippen LogP contribution in [0.2, 0.25) is 5.02 Å². The summed E-state index contributed by atoms with van der Waals surface area (Å²) in [5, 5.41) is 1.26. The topological polar surface area (TPSA) is 56.4 Å². The lowest BCUT2D eigenvalue weighted by Crippen LogP contribution is -2.48. The molecular weight excluding hydrogens is 362 g/mol. The number of hydrogen-bond acceptors (Lipinski definition) is 3. The fraction of sp³-hybridized carbons (Fsp3) is 0.238. The molecule has 1 amide bonds. The SMILES string of the molecule is Cc1cc(=O)c2cc(C(=O)N3CCN(c4ccc(Cl)cc4)CC3)ccc2[nH]1. The number of aryl methyl sites for hydroxylation is 1. The number of halogens is 1. The number of nitrogens with one attached hydrogen (secondary N) is 1. The van der Waals surface area contributed by atoms with E-state index in [2.05, 4.69) is 9.88 Å². The van der Waals surface area contributed by atoms with E-state index >= 15 is 0 Å². The zero-order valence-electron chi connectivity index (χ0n) is 15.0. The first-order chi connectivity index (χ1) is 13.0. The molecule has 27 heavy (non-hydrogen) atoms. The van der Waals surface area contributed by atoms with Crippen LogP contribution >= 0.6 is 11.6 Å². The van der Waals surface area contributed by atoms with Crippen molar-refractivity contribution in [1.82, 2.24) is 9.88 Å². The molecule has 0 radical (unpaired) electrons. The Balaban J connectivity index is 1.50. The standard InChI is InChI=1S/C21H20ClN3O2/c1-14-12-20(26)18-13-15(2-7-19(18)23-14)21(27)25-10-8-24(9-11-25)17-5-3-16(22)4-6-17/h2-7,12-13H,8-11H2,1H3,(H,23,26). The molecule has 0 unspecified atom stereocenters. The van der Waals surface area contributed by atoms with Crippen LogP contribution in [0.25, 0.3) is 10.9 Å². The Hall–Kier alpha value is -2.79. The van der Waals surface area contributed by atoms with E-state index in [1.165, 1.54) is 0 Å². The Kier molecular flexibility index (Phi) is 4.62. The van der Waals surface area contributed by atoms with Gasteiger partial charge in [-0.3, -0.25) is 9.59 Å². The second kappa shape index (κ2) is 7.08. The van der Waals surface area contributed by atoms with Crippen LogP contribution in [0.4, 0.5) is 5.69 Å². The van der Waals surface area contributed by atoms with Gasteiger partial charge >= 0.3 is 0 Å². The van der Waals surface area contributed by atoms with Crippen LogP contribution in [-0.4, -0.2) is 42.0 Å². The van der Waals surface area contributed by atoms with Gasteiger partial charge in [-0.2, -0.15) is 0 Å². The zero-order valence-corrected chi connectivity index (χ0v) is 15.8. The number of nitrogens with zero attached hydrogens (tertiary/aromatic N) is 2. The van der Waals surface area contributed by atoms with Crippen LogP contribution < -0.4 is 10.3 Å². The lowest BCUT2D eigenvalue weighted by Gasteiger charge is -2.36. The van der Waals surface area contributed by atoms with Gasteiger partial charge in [0.25, 0.3) is 5.91 Å². The summed E-state index contributed by atoms with van der Waals surface area (Å²) in [6, 6.07) is 14.6. The van der Waals surface area contributed by atoms with Gasteiger partial charge in [-0.05, 0) is 49.4 Å². The molecule has 5 nitrogen and oxygen atoms in total. The van der Waals surface area contributed by atoms with Gasteiger partial charge in [0.2, 0.25) is 0 Å². The number of pyridine rings is 1. The second-order valence-corrected chi connectivity index (χ2v) is 7.27. The molecule has 2 aromatic carbocycles. The molecule has 3 aromatic rings. The number of H-pyrrole nitrogens is 1. The maximum absolute atomic E-state index is 12.9. The van der Waals surface area contributed by atoms with E-state index in [4.69, 9.17) is 11.6 Å². The molecule has 0 saturated carbocycles. The van der Waals surface area contributed by atoms with Gasteiger partial charge in [0.15, 0.2) is 5.43 Å². The molecular formula is C21H20ClN3O2. The van der Waals surface area contributed by atoms with Crippen molar-refractivity contribution < 1.29 is 4.79 Å². The van der Waals surface area contributed by atoms with Gasteiger partial charge < -0.3 is 14.8 Å². The van der Waals surface area contributed by atoms with Gasteiger partial charge in [0.1, 0.15) is 0 Å². The summed E-state index contributed by atoms with van der Waals surface area (Å²) in [4.78, 5) is 32.4. The Morgan fingerprint density at radius 3 is 2.41 bits per heavy atom. The van der Waals surface area contributed by atoms with Crippen LogP contribution in [0.1, 0.15) is 16.1 Å². The predicted molar refractivity (Wildman–Crippen MR) is 109 cm³/mol. The number of anilines is 1. The first kappa shape index (κ1) is 17.6. The normalized spacial score (nSPS) is 14.6. The van der Waals surface area contributed by atoms with E-state index in [1.807, 2.05) is 36.1 Å². The fourth-order valence-corrected chi connectivity index (χ4v) is 3.64. The third kappa shape index (κ3) is 3.55. The summed E-state index contributed by atoms with van der Waals surface area (Å²) in [6.07, 6.45) is 0. The minimum absolute atomic E-state index is 0.0346. The van der Waals surface area contributed by atoms with Crippen molar-refractivity contribution in [2.45, 2.75) is 6.92 Å². The number of carbonyl (C=O) groups is 1. The number of fused-ring (bicyclic) bond motifs is 1. The minimum atomic E-state index is -0.0662. The van der Waals surface area contributed by atoms with Crippen LogP contribution in [0.3, 0.4) is 0 Å². The smallest absolute Gasteiger partial charge is 0.254 e. The Bertz CT molecular complexity index is 1050. The van der Waals surface area contributed by atoms with E-state index in [0.717, 1.165) is 30.0 Å². The molecule has 0 spiro atoms. The highest BCUT2D eigenvalue weighted by molar-refractivity contribution is 6.30. The number of aromatic nitrogens is 1. The molecule has 1 saturated heterocycles.